The second-order valence-corrected chi connectivity index (χ2v) is 5.67. The van der Waals surface area contributed by atoms with E-state index in [9.17, 15) is 19.5 Å². The number of carbonyl (C=O) groups is 3. The molecule has 8 heteroatoms. The molecule has 2 heterocycles. The van der Waals surface area contributed by atoms with Gasteiger partial charge in [-0.05, 0) is 5.56 Å². The number of benzene rings is 1. The Morgan fingerprint density at radius 3 is 2.69 bits per heavy atom. The van der Waals surface area contributed by atoms with E-state index in [0.29, 0.717) is 0 Å². The smallest absolute Gasteiger partial charge is 0.478 e. The third kappa shape index (κ3) is 3.39. The van der Waals surface area contributed by atoms with Gasteiger partial charge >= 0.3 is 12.1 Å². The van der Waals surface area contributed by atoms with Gasteiger partial charge in [0, 0.05) is 6.42 Å². The van der Waals surface area contributed by atoms with Crippen molar-refractivity contribution in [3.05, 3.63) is 53.3 Å². The quantitative estimate of drug-likeness (QED) is 0.488. The summed E-state index contributed by atoms with van der Waals surface area (Å²) in [6, 6.07) is 9.37. The van der Waals surface area contributed by atoms with Gasteiger partial charge in [-0.25, -0.2) is 9.59 Å². The Morgan fingerprint density at radius 2 is 2.08 bits per heavy atom. The number of fused-ring (bicyclic) bond motifs is 1. The highest BCUT2D eigenvalue weighted by Crippen LogP contribution is 2.39. The highest BCUT2D eigenvalue weighted by atomic mass is 16.7. The van der Waals surface area contributed by atoms with Crippen LogP contribution in [0.3, 0.4) is 0 Å². The van der Waals surface area contributed by atoms with Crippen molar-refractivity contribution in [3.63, 3.8) is 0 Å². The zero-order chi connectivity index (χ0) is 18.7. The van der Waals surface area contributed by atoms with Crippen LogP contribution >= 0.6 is 0 Å². The summed E-state index contributed by atoms with van der Waals surface area (Å²) in [5.41, 5.74) is 0.823. The second kappa shape index (κ2) is 7.30. The number of methoxy groups -OCH3 is 1. The molecule has 1 aromatic rings. The highest BCUT2D eigenvalue weighted by molar-refractivity contribution is 5.89. The van der Waals surface area contributed by atoms with Crippen molar-refractivity contribution in [2.45, 2.75) is 25.3 Å². The average molecular weight is 359 g/mol. The highest BCUT2D eigenvalue weighted by Gasteiger charge is 2.54. The topological polar surface area (TPSA) is 102 Å². The molecule has 2 fully saturated rings. The fourth-order valence-corrected chi connectivity index (χ4v) is 2.75. The first-order valence-corrected chi connectivity index (χ1v) is 7.91. The number of rotatable bonds is 5. The molecular formula is C18H17NO7. The van der Waals surface area contributed by atoms with Crippen LogP contribution in [-0.4, -0.2) is 47.6 Å². The Labute approximate surface area is 149 Å². The van der Waals surface area contributed by atoms with Crippen LogP contribution in [0, 0.1) is 0 Å². The number of carboxylic acid groups (broad SMARTS) is 1. The lowest BCUT2D eigenvalue weighted by Gasteiger charge is -2.33. The zero-order valence-electron chi connectivity index (χ0n) is 14.0. The maximum Gasteiger partial charge on any atom is 0.510 e. The number of aliphatic carboxylic acids is 1. The Bertz CT molecular complexity index is 784. The Hall–Kier alpha value is -3.29. The number of hydrogen-bond donors (Lipinski definition) is 1. The molecule has 136 valence electrons. The summed E-state index contributed by atoms with van der Waals surface area (Å²) in [5.74, 6) is -1.56. The van der Waals surface area contributed by atoms with Gasteiger partial charge < -0.3 is 19.3 Å². The Balaban J connectivity index is 1.86. The maximum absolute atomic E-state index is 11.8. The van der Waals surface area contributed by atoms with Crippen LogP contribution < -0.4 is 0 Å². The van der Waals surface area contributed by atoms with Crippen LogP contribution in [0.2, 0.25) is 0 Å². The number of nitrogens with zero attached hydrogens (tertiary/aromatic N) is 1. The molecule has 1 aromatic carbocycles. The van der Waals surface area contributed by atoms with Crippen molar-refractivity contribution in [2.24, 2.45) is 0 Å². The van der Waals surface area contributed by atoms with Crippen LogP contribution in [0.1, 0.15) is 18.4 Å². The number of carboxylic acids is 1. The molecular weight excluding hydrogens is 342 g/mol. The summed E-state index contributed by atoms with van der Waals surface area (Å²) in [5, 5.41) is 9.55. The molecule has 3 rings (SSSR count). The van der Waals surface area contributed by atoms with Crippen LogP contribution in [0.4, 0.5) is 4.79 Å². The van der Waals surface area contributed by atoms with Crippen molar-refractivity contribution in [2.75, 3.05) is 7.11 Å². The largest absolute Gasteiger partial charge is 0.510 e. The van der Waals surface area contributed by atoms with Gasteiger partial charge in [-0.3, -0.25) is 9.69 Å². The first-order valence-electron chi connectivity index (χ1n) is 7.91. The molecule has 0 aliphatic carbocycles. The van der Waals surface area contributed by atoms with Gasteiger partial charge in [-0.2, -0.15) is 0 Å². The summed E-state index contributed by atoms with van der Waals surface area (Å²) in [6.07, 6.45) is 0.703. The number of ether oxygens (including phenoxy) is 3. The van der Waals surface area contributed by atoms with Crippen molar-refractivity contribution in [3.8, 4) is 0 Å². The van der Waals surface area contributed by atoms with Crippen LogP contribution in [0.5, 0.6) is 0 Å². The molecule has 0 radical (unpaired) electrons. The van der Waals surface area contributed by atoms with E-state index in [1.165, 1.54) is 4.90 Å². The minimum atomic E-state index is -1.23. The molecule has 2 saturated heterocycles. The minimum Gasteiger partial charge on any atom is -0.478 e. The Morgan fingerprint density at radius 1 is 1.35 bits per heavy atom. The van der Waals surface area contributed by atoms with E-state index in [0.717, 1.165) is 12.7 Å². The number of hydrogen-bond acceptors (Lipinski definition) is 6. The van der Waals surface area contributed by atoms with Crippen molar-refractivity contribution in [1.29, 1.82) is 0 Å². The van der Waals surface area contributed by atoms with E-state index < -0.39 is 24.6 Å². The van der Waals surface area contributed by atoms with E-state index in [2.05, 4.69) is 4.74 Å². The van der Waals surface area contributed by atoms with E-state index in [-0.39, 0.29) is 30.1 Å². The lowest BCUT2D eigenvalue weighted by Crippen LogP contribution is -2.53. The summed E-state index contributed by atoms with van der Waals surface area (Å²) >= 11 is 0. The van der Waals surface area contributed by atoms with Gasteiger partial charge in [0.15, 0.2) is 12.0 Å². The van der Waals surface area contributed by atoms with Crippen LogP contribution in [-0.2, 0) is 23.8 Å². The standard InChI is InChI=1S/C18H17NO7/c1-24-18(23)26-16-15(25-14-10-13(20)19(14)16)12(17(21)22)9-5-8-11-6-3-2-4-7-11/h2-8,14,16H,9-10H2,1H3,(H,21,22)/t14-,16?/m1/s1. The molecule has 1 N–H and O–H groups in total. The predicted molar refractivity (Wildman–Crippen MR) is 88.4 cm³/mol. The van der Waals surface area contributed by atoms with Crippen molar-refractivity contribution < 1.29 is 33.7 Å². The van der Waals surface area contributed by atoms with Crippen LogP contribution in [0.25, 0.3) is 6.08 Å². The lowest BCUT2D eigenvalue weighted by molar-refractivity contribution is -0.164. The average Bonchev–Trinajstić information content (AvgIpc) is 2.90. The third-order valence-corrected chi connectivity index (χ3v) is 4.05. The van der Waals surface area contributed by atoms with Gasteiger partial charge in [0.1, 0.15) is 0 Å². The van der Waals surface area contributed by atoms with Crippen molar-refractivity contribution >= 4 is 24.1 Å². The SMILES string of the molecule is COC(=O)OC1C(=C(CC=Cc2ccccc2)C(=O)O)O[C@@H]2CC(=O)N12. The molecule has 0 spiro atoms. The predicted octanol–water partition coefficient (Wildman–Crippen LogP) is 2.13. The molecule has 2 aliphatic heterocycles. The monoisotopic (exact) mass is 359 g/mol. The summed E-state index contributed by atoms with van der Waals surface area (Å²) < 4.78 is 15.0. The zero-order valence-corrected chi connectivity index (χ0v) is 14.0. The molecule has 0 aromatic heterocycles. The minimum absolute atomic E-state index is 0.0370. The normalized spacial score (nSPS) is 23.1. The maximum atomic E-state index is 11.8. The Kier molecular flexibility index (Phi) is 4.92. The molecule has 1 amide bonds. The van der Waals surface area contributed by atoms with Gasteiger partial charge in [0.05, 0.1) is 19.1 Å². The fraction of sp³-hybridized carbons (Fsp3) is 0.278. The van der Waals surface area contributed by atoms with Gasteiger partial charge in [0.2, 0.25) is 12.1 Å². The number of carbonyl (C=O) groups excluding carboxylic acids is 2. The molecule has 2 aliphatic rings. The first kappa shape index (κ1) is 17.5. The summed E-state index contributed by atoms with van der Waals surface area (Å²) in [7, 11) is 1.12. The molecule has 0 bridgehead atoms. The number of amides is 1. The van der Waals surface area contributed by atoms with E-state index in [4.69, 9.17) is 9.47 Å². The lowest BCUT2D eigenvalue weighted by atomic mass is 10.1. The number of allylic oxidation sites excluding steroid dienone is 1. The van der Waals surface area contributed by atoms with Crippen molar-refractivity contribution in [1.82, 2.24) is 4.90 Å². The third-order valence-electron chi connectivity index (χ3n) is 4.05. The molecule has 0 saturated carbocycles. The molecule has 2 atom stereocenters. The van der Waals surface area contributed by atoms with Gasteiger partial charge in [-0.1, -0.05) is 42.5 Å². The first-order chi connectivity index (χ1) is 12.5. The van der Waals surface area contributed by atoms with E-state index >= 15 is 0 Å². The van der Waals surface area contributed by atoms with Gasteiger partial charge in [0.25, 0.3) is 0 Å². The van der Waals surface area contributed by atoms with Crippen LogP contribution in [0.15, 0.2) is 47.7 Å². The summed E-state index contributed by atoms with van der Waals surface area (Å²) in [6.45, 7) is 0. The van der Waals surface area contributed by atoms with E-state index in [1.807, 2.05) is 30.3 Å². The van der Waals surface area contributed by atoms with E-state index in [1.54, 1.807) is 12.2 Å². The second-order valence-electron chi connectivity index (χ2n) is 5.67. The molecule has 8 nitrogen and oxygen atoms in total. The molecule has 1 unspecified atom stereocenters. The molecule has 26 heavy (non-hydrogen) atoms. The van der Waals surface area contributed by atoms with Gasteiger partial charge in [-0.15, -0.1) is 0 Å². The summed E-state index contributed by atoms with van der Waals surface area (Å²) in [4.78, 5) is 36.1. The number of β-lactam (4-membered cyclic amide) rings is 1. The fourth-order valence-electron chi connectivity index (χ4n) is 2.75.